The van der Waals surface area contributed by atoms with Crippen LogP contribution in [0.3, 0.4) is 0 Å². The number of carbonyl (C=O) groups is 1. The van der Waals surface area contributed by atoms with E-state index >= 15 is 0 Å². The number of hydrogen-bond acceptors (Lipinski definition) is 5. The largest absolute Gasteiger partial charge is 0.497 e. The van der Waals surface area contributed by atoms with Crippen molar-refractivity contribution in [2.45, 2.75) is 6.92 Å². The van der Waals surface area contributed by atoms with Crippen LogP contribution in [0, 0.1) is 0 Å². The summed E-state index contributed by atoms with van der Waals surface area (Å²) in [4.78, 5) is 16.1. The molecule has 0 saturated heterocycles. The predicted molar refractivity (Wildman–Crippen MR) is 70.7 cm³/mol. The number of thiazole rings is 1. The van der Waals surface area contributed by atoms with Crippen LogP contribution >= 0.6 is 11.3 Å². The van der Waals surface area contributed by atoms with Gasteiger partial charge in [-0.15, -0.1) is 11.3 Å². The zero-order chi connectivity index (χ0) is 13.1. The van der Waals surface area contributed by atoms with Gasteiger partial charge >= 0.3 is 0 Å². The van der Waals surface area contributed by atoms with Crippen molar-refractivity contribution >= 4 is 17.1 Å². The zero-order valence-electron chi connectivity index (χ0n) is 10.4. The summed E-state index contributed by atoms with van der Waals surface area (Å²) in [6, 6.07) is 5.53. The molecule has 0 bridgehead atoms. The molecule has 0 N–H and O–H groups in total. The monoisotopic (exact) mass is 263 g/mol. The minimum Gasteiger partial charge on any atom is -0.497 e. The number of methoxy groups -OCH3 is 2. The molecular formula is C13H13NO3S. The third-order valence-electron chi connectivity index (χ3n) is 2.45. The molecule has 0 aliphatic heterocycles. The first-order valence-corrected chi connectivity index (χ1v) is 6.16. The number of hydrogen-bond donors (Lipinski definition) is 0. The van der Waals surface area contributed by atoms with Crippen molar-refractivity contribution in [1.29, 1.82) is 0 Å². The molecule has 0 aliphatic carbocycles. The maximum absolute atomic E-state index is 11.3. The number of carbonyl (C=O) groups excluding carboxylic acids is 1. The minimum absolute atomic E-state index is 0.0219. The second-order valence-corrected chi connectivity index (χ2v) is 4.72. The summed E-state index contributed by atoms with van der Waals surface area (Å²) in [5, 5.41) is 0.775. The molecule has 5 heteroatoms. The van der Waals surface area contributed by atoms with E-state index in [1.165, 1.54) is 18.3 Å². The van der Waals surface area contributed by atoms with E-state index in [-0.39, 0.29) is 5.78 Å². The van der Waals surface area contributed by atoms with Crippen LogP contribution in [0.25, 0.3) is 10.6 Å². The number of nitrogens with zero attached hydrogens (tertiary/aromatic N) is 1. The molecule has 2 rings (SSSR count). The van der Waals surface area contributed by atoms with Crippen molar-refractivity contribution < 1.29 is 14.3 Å². The van der Waals surface area contributed by atoms with Crippen LogP contribution in [0.1, 0.15) is 16.6 Å². The van der Waals surface area contributed by atoms with E-state index in [2.05, 4.69) is 4.98 Å². The molecule has 18 heavy (non-hydrogen) atoms. The van der Waals surface area contributed by atoms with E-state index in [1.54, 1.807) is 26.5 Å². The van der Waals surface area contributed by atoms with Gasteiger partial charge in [0.05, 0.1) is 19.1 Å². The molecule has 4 nitrogen and oxygen atoms in total. The Morgan fingerprint density at radius 2 is 1.78 bits per heavy atom. The highest BCUT2D eigenvalue weighted by Gasteiger charge is 2.10. The molecule has 0 saturated carbocycles. The molecule has 0 spiro atoms. The van der Waals surface area contributed by atoms with E-state index in [1.807, 2.05) is 12.1 Å². The third-order valence-corrected chi connectivity index (χ3v) is 3.60. The first kappa shape index (κ1) is 12.6. The lowest BCUT2D eigenvalue weighted by atomic mass is 10.2. The van der Waals surface area contributed by atoms with Gasteiger partial charge in [0.25, 0.3) is 0 Å². The Hall–Kier alpha value is -1.88. The van der Waals surface area contributed by atoms with Crippen molar-refractivity contribution in [3.63, 3.8) is 0 Å². The molecule has 2 aromatic rings. The van der Waals surface area contributed by atoms with Gasteiger partial charge < -0.3 is 9.47 Å². The SMILES string of the molecule is COc1cc(OC)cc(-c2ncc(C(C)=O)s2)c1. The molecule has 94 valence electrons. The fraction of sp³-hybridized carbons (Fsp3) is 0.231. The average molecular weight is 263 g/mol. The van der Waals surface area contributed by atoms with Gasteiger partial charge in [-0.2, -0.15) is 0 Å². The smallest absolute Gasteiger partial charge is 0.171 e. The van der Waals surface area contributed by atoms with Gasteiger partial charge in [-0.1, -0.05) is 0 Å². The second kappa shape index (κ2) is 5.18. The van der Waals surface area contributed by atoms with E-state index in [9.17, 15) is 4.79 Å². The van der Waals surface area contributed by atoms with Gasteiger partial charge in [-0.05, 0) is 12.1 Å². The molecule has 0 unspecified atom stereocenters. The summed E-state index contributed by atoms with van der Waals surface area (Å²) < 4.78 is 10.4. The van der Waals surface area contributed by atoms with Crippen LogP contribution in [0.4, 0.5) is 0 Å². The third kappa shape index (κ3) is 2.51. The summed E-state index contributed by atoms with van der Waals surface area (Å²) in [7, 11) is 3.20. The molecule has 0 fully saturated rings. The molecule has 0 radical (unpaired) electrons. The zero-order valence-corrected chi connectivity index (χ0v) is 11.2. The Morgan fingerprint density at radius 3 is 2.22 bits per heavy atom. The summed E-state index contributed by atoms with van der Waals surface area (Å²) in [6.07, 6.45) is 1.59. The molecule has 0 atom stereocenters. The number of aromatic nitrogens is 1. The van der Waals surface area contributed by atoms with E-state index < -0.39 is 0 Å². The summed E-state index contributed by atoms with van der Waals surface area (Å²) in [5.74, 6) is 1.42. The van der Waals surface area contributed by atoms with Gasteiger partial charge in [0.2, 0.25) is 0 Å². The normalized spacial score (nSPS) is 10.2. The van der Waals surface area contributed by atoms with Crippen molar-refractivity contribution in [1.82, 2.24) is 4.98 Å². The van der Waals surface area contributed by atoms with E-state index in [0.29, 0.717) is 16.4 Å². The number of ether oxygens (including phenoxy) is 2. The minimum atomic E-state index is 0.0219. The topological polar surface area (TPSA) is 48.4 Å². The molecule has 0 amide bonds. The Bertz CT molecular complexity index is 555. The highest BCUT2D eigenvalue weighted by atomic mass is 32.1. The molecule has 1 aromatic heterocycles. The first-order valence-electron chi connectivity index (χ1n) is 5.34. The van der Waals surface area contributed by atoms with Crippen LogP contribution in [0.2, 0.25) is 0 Å². The van der Waals surface area contributed by atoms with Crippen molar-refractivity contribution in [2.24, 2.45) is 0 Å². The molecule has 1 aromatic carbocycles. The summed E-state index contributed by atoms with van der Waals surface area (Å²) in [6.45, 7) is 1.53. The van der Waals surface area contributed by atoms with Crippen LogP contribution < -0.4 is 9.47 Å². The fourth-order valence-corrected chi connectivity index (χ4v) is 2.30. The molecule has 1 heterocycles. The van der Waals surface area contributed by atoms with Gasteiger partial charge in [0.15, 0.2) is 5.78 Å². The maximum Gasteiger partial charge on any atom is 0.171 e. The van der Waals surface area contributed by atoms with Crippen LogP contribution in [-0.4, -0.2) is 25.0 Å². The Kier molecular flexibility index (Phi) is 3.62. The quantitative estimate of drug-likeness (QED) is 0.795. The Morgan fingerprint density at radius 1 is 1.17 bits per heavy atom. The Balaban J connectivity index is 2.45. The first-order chi connectivity index (χ1) is 8.63. The second-order valence-electron chi connectivity index (χ2n) is 3.69. The van der Waals surface area contributed by atoms with E-state index in [4.69, 9.17) is 9.47 Å². The van der Waals surface area contributed by atoms with E-state index in [0.717, 1.165) is 10.6 Å². The van der Waals surface area contributed by atoms with Gasteiger partial charge in [-0.3, -0.25) is 4.79 Å². The fourth-order valence-electron chi connectivity index (χ4n) is 1.50. The van der Waals surface area contributed by atoms with Crippen LogP contribution in [0.5, 0.6) is 11.5 Å². The number of benzene rings is 1. The number of Topliss-reactive ketones (excluding diaryl/α,β-unsaturated/α-hetero) is 1. The Labute approximate surface area is 109 Å². The standard InChI is InChI=1S/C13H13NO3S/c1-8(15)12-7-14-13(18-12)9-4-10(16-2)6-11(5-9)17-3/h4-7H,1-3H3. The number of rotatable bonds is 4. The number of ketones is 1. The highest BCUT2D eigenvalue weighted by molar-refractivity contribution is 7.16. The summed E-state index contributed by atoms with van der Waals surface area (Å²) in [5.41, 5.74) is 0.878. The van der Waals surface area contributed by atoms with Crippen molar-refractivity contribution in [3.05, 3.63) is 29.3 Å². The van der Waals surface area contributed by atoms with Gasteiger partial charge in [-0.25, -0.2) is 4.98 Å². The predicted octanol–water partition coefficient (Wildman–Crippen LogP) is 3.03. The lowest BCUT2D eigenvalue weighted by molar-refractivity contribution is 0.102. The lowest BCUT2D eigenvalue weighted by Gasteiger charge is -2.06. The van der Waals surface area contributed by atoms with Crippen molar-refractivity contribution in [3.8, 4) is 22.1 Å². The van der Waals surface area contributed by atoms with Crippen LogP contribution in [0.15, 0.2) is 24.4 Å². The van der Waals surface area contributed by atoms with Crippen LogP contribution in [-0.2, 0) is 0 Å². The van der Waals surface area contributed by atoms with Gasteiger partial charge in [0, 0.05) is 24.8 Å². The average Bonchev–Trinajstić information content (AvgIpc) is 2.87. The maximum atomic E-state index is 11.3. The lowest BCUT2D eigenvalue weighted by Crippen LogP contribution is -1.88. The van der Waals surface area contributed by atoms with Gasteiger partial charge in [0.1, 0.15) is 16.5 Å². The molecule has 0 aliphatic rings. The molecular weight excluding hydrogens is 250 g/mol. The summed E-state index contributed by atoms with van der Waals surface area (Å²) >= 11 is 1.36. The van der Waals surface area contributed by atoms with Crippen molar-refractivity contribution in [2.75, 3.05) is 14.2 Å². The highest BCUT2D eigenvalue weighted by Crippen LogP contribution is 2.32.